The van der Waals surface area contributed by atoms with Gasteiger partial charge in [0.2, 0.25) is 0 Å². The molecule has 0 amide bonds. The molecule has 0 bridgehead atoms. The van der Waals surface area contributed by atoms with Gasteiger partial charge in [-0.25, -0.2) is 4.98 Å². The minimum Gasteiger partial charge on any atom is -0.359 e. The van der Waals surface area contributed by atoms with Gasteiger partial charge in [0.1, 0.15) is 17.6 Å². The second-order valence-corrected chi connectivity index (χ2v) is 8.08. The highest BCUT2D eigenvalue weighted by Gasteiger charge is 2.38. The summed E-state index contributed by atoms with van der Waals surface area (Å²) in [5, 5.41) is 22.9. The molecular formula is C24H22N6O. The fourth-order valence-electron chi connectivity index (χ4n) is 4.81. The van der Waals surface area contributed by atoms with E-state index < -0.39 is 0 Å². The summed E-state index contributed by atoms with van der Waals surface area (Å²) < 4.78 is 5.79. The second-order valence-electron chi connectivity index (χ2n) is 8.08. The molecule has 0 radical (unpaired) electrons. The Hall–Kier alpha value is -3.68. The van der Waals surface area contributed by atoms with Crippen LogP contribution < -0.4 is 4.90 Å². The Morgan fingerprint density at radius 2 is 1.97 bits per heavy atom. The number of pyridine rings is 1. The van der Waals surface area contributed by atoms with Crippen molar-refractivity contribution >= 4 is 5.82 Å². The van der Waals surface area contributed by atoms with Gasteiger partial charge in [0, 0.05) is 43.5 Å². The summed E-state index contributed by atoms with van der Waals surface area (Å²) in [6.07, 6.45) is 5.03. The number of rotatable bonds is 3. The summed E-state index contributed by atoms with van der Waals surface area (Å²) in [5.74, 6) is 1.66. The van der Waals surface area contributed by atoms with Crippen molar-refractivity contribution in [2.75, 3.05) is 24.5 Å². The SMILES string of the molecule is N#Cc1cccc(-c2cc(C3CCC[C@H]4CN(c5ncccc5C#N)CCN34)on2)c1. The lowest BCUT2D eigenvalue weighted by molar-refractivity contribution is 0.0558. The zero-order chi connectivity index (χ0) is 21.2. The molecule has 0 N–H and O–H groups in total. The first-order valence-corrected chi connectivity index (χ1v) is 10.6. The fraction of sp³-hybridized carbons (Fsp3) is 0.333. The summed E-state index contributed by atoms with van der Waals surface area (Å²) in [7, 11) is 0. The molecule has 2 saturated heterocycles. The molecule has 0 aliphatic carbocycles. The lowest BCUT2D eigenvalue weighted by Crippen LogP contribution is -2.56. The van der Waals surface area contributed by atoms with E-state index in [1.54, 1.807) is 12.3 Å². The number of hydrogen-bond acceptors (Lipinski definition) is 7. The molecule has 4 heterocycles. The molecule has 7 nitrogen and oxygen atoms in total. The lowest BCUT2D eigenvalue weighted by atomic mass is 9.91. The van der Waals surface area contributed by atoms with E-state index in [4.69, 9.17) is 9.78 Å². The van der Waals surface area contributed by atoms with Crippen molar-refractivity contribution in [2.24, 2.45) is 0 Å². The lowest BCUT2D eigenvalue weighted by Gasteiger charge is -2.47. The molecule has 2 atom stereocenters. The quantitative estimate of drug-likeness (QED) is 0.646. The Labute approximate surface area is 181 Å². The van der Waals surface area contributed by atoms with Crippen molar-refractivity contribution in [1.82, 2.24) is 15.0 Å². The van der Waals surface area contributed by atoms with Crippen LogP contribution in [0.3, 0.4) is 0 Å². The van der Waals surface area contributed by atoms with Crippen LogP contribution in [0.5, 0.6) is 0 Å². The van der Waals surface area contributed by atoms with Gasteiger partial charge in [-0.15, -0.1) is 0 Å². The van der Waals surface area contributed by atoms with Gasteiger partial charge in [0.25, 0.3) is 0 Å². The zero-order valence-corrected chi connectivity index (χ0v) is 17.1. The minimum absolute atomic E-state index is 0.195. The molecule has 0 spiro atoms. The third-order valence-electron chi connectivity index (χ3n) is 6.29. The van der Waals surface area contributed by atoms with E-state index in [2.05, 4.69) is 32.1 Å². The molecule has 154 valence electrons. The Morgan fingerprint density at radius 3 is 2.84 bits per heavy atom. The van der Waals surface area contributed by atoms with Crippen LogP contribution in [-0.4, -0.2) is 40.7 Å². The molecular weight excluding hydrogens is 388 g/mol. The maximum Gasteiger partial charge on any atom is 0.154 e. The van der Waals surface area contributed by atoms with Gasteiger partial charge in [0.05, 0.1) is 23.2 Å². The van der Waals surface area contributed by atoms with Gasteiger partial charge in [-0.3, -0.25) is 4.90 Å². The summed E-state index contributed by atoms with van der Waals surface area (Å²) in [5.41, 5.74) is 2.90. The Bertz CT molecular complexity index is 1170. The predicted molar refractivity (Wildman–Crippen MR) is 115 cm³/mol. The second kappa shape index (κ2) is 8.22. The normalized spacial score (nSPS) is 21.2. The molecule has 7 heteroatoms. The van der Waals surface area contributed by atoms with Crippen molar-refractivity contribution in [3.05, 3.63) is 65.5 Å². The van der Waals surface area contributed by atoms with Gasteiger partial charge >= 0.3 is 0 Å². The minimum atomic E-state index is 0.195. The van der Waals surface area contributed by atoms with Crippen molar-refractivity contribution < 1.29 is 4.52 Å². The largest absolute Gasteiger partial charge is 0.359 e. The van der Waals surface area contributed by atoms with E-state index in [0.717, 1.165) is 61.7 Å². The number of piperidine rings is 1. The van der Waals surface area contributed by atoms with Crippen LogP contribution in [0.2, 0.25) is 0 Å². The molecule has 5 rings (SSSR count). The molecule has 1 aromatic carbocycles. The summed E-state index contributed by atoms with van der Waals surface area (Å²) in [6.45, 7) is 2.56. The van der Waals surface area contributed by atoms with Crippen molar-refractivity contribution in [1.29, 1.82) is 10.5 Å². The van der Waals surface area contributed by atoms with Gasteiger partial charge < -0.3 is 9.42 Å². The smallest absolute Gasteiger partial charge is 0.154 e. The highest BCUT2D eigenvalue weighted by Crippen LogP contribution is 2.38. The van der Waals surface area contributed by atoms with Crippen molar-refractivity contribution in [3.8, 4) is 23.4 Å². The third kappa shape index (κ3) is 3.65. The highest BCUT2D eigenvalue weighted by atomic mass is 16.5. The number of benzene rings is 1. The van der Waals surface area contributed by atoms with Gasteiger partial charge in [-0.05, 0) is 43.5 Å². The summed E-state index contributed by atoms with van der Waals surface area (Å²) >= 11 is 0. The van der Waals surface area contributed by atoms with E-state index in [0.29, 0.717) is 17.2 Å². The first kappa shape index (κ1) is 19.3. The molecule has 0 saturated carbocycles. The topological polar surface area (TPSA) is 93.0 Å². The van der Waals surface area contributed by atoms with Crippen LogP contribution in [0.1, 0.15) is 42.2 Å². The average Bonchev–Trinajstić information content (AvgIpc) is 3.33. The molecule has 2 aromatic heterocycles. The maximum absolute atomic E-state index is 9.44. The van der Waals surface area contributed by atoms with Gasteiger partial charge in [-0.2, -0.15) is 10.5 Å². The van der Waals surface area contributed by atoms with E-state index in [9.17, 15) is 5.26 Å². The Morgan fingerprint density at radius 1 is 1.03 bits per heavy atom. The van der Waals surface area contributed by atoms with Crippen LogP contribution >= 0.6 is 0 Å². The average molecular weight is 410 g/mol. The van der Waals surface area contributed by atoms with Crippen molar-refractivity contribution in [3.63, 3.8) is 0 Å². The molecule has 2 fully saturated rings. The van der Waals surface area contributed by atoms with Crippen LogP contribution in [-0.2, 0) is 0 Å². The monoisotopic (exact) mass is 410 g/mol. The number of piperazine rings is 1. The predicted octanol–water partition coefficient (Wildman–Crippen LogP) is 3.90. The van der Waals surface area contributed by atoms with Crippen molar-refractivity contribution in [2.45, 2.75) is 31.3 Å². The number of aromatic nitrogens is 2. The van der Waals surface area contributed by atoms with E-state index in [1.165, 1.54) is 0 Å². The van der Waals surface area contributed by atoms with Crippen LogP contribution in [0.15, 0.2) is 53.2 Å². The number of nitrogens with zero attached hydrogens (tertiary/aromatic N) is 6. The molecule has 2 aliphatic rings. The van der Waals surface area contributed by atoms with Crippen LogP contribution in [0.4, 0.5) is 5.82 Å². The molecule has 2 aliphatic heterocycles. The Kier molecular flexibility index (Phi) is 5.11. The first-order valence-electron chi connectivity index (χ1n) is 10.6. The molecule has 31 heavy (non-hydrogen) atoms. The molecule has 1 unspecified atom stereocenters. The summed E-state index contributed by atoms with van der Waals surface area (Å²) in [4.78, 5) is 9.23. The Balaban J connectivity index is 1.36. The van der Waals surface area contributed by atoms with Gasteiger partial charge in [-0.1, -0.05) is 17.3 Å². The number of anilines is 1. The molecule has 3 aromatic rings. The standard InChI is InChI=1S/C24H22N6O/c25-14-17-4-1-5-18(12-17)21-13-23(31-28-21)22-8-2-7-20-16-29(10-11-30(20)22)24-19(15-26)6-3-9-27-24/h1,3-6,9,12-13,20,22H,2,7-8,10-11,16H2/t20-,22?/m0/s1. The number of fused-ring (bicyclic) bond motifs is 1. The third-order valence-corrected chi connectivity index (χ3v) is 6.29. The maximum atomic E-state index is 9.44. The fourth-order valence-corrected chi connectivity index (χ4v) is 4.81. The first-order chi connectivity index (χ1) is 15.3. The van der Waals surface area contributed by atoms with E-state index in [1.807, 2.05) is 36.4 Å². The summed E-state index contributed by atoms with van der Waals surface area (Å²) in [6, 6.07) is 18.1. The van der Waals surface area contributed by atoms with Gasteiger partial charge in [0.15, 0.2) is 5.76 Å². The van der Waals surface area contributed by atoms with Crippen LogP contribution in [0.25, 0.3) is 11.3 Å². The zero-order valence-electron chi connectivity index (χ0n) is 17.1. The highest BCUT2D eigenvalue weighted by molar-refractivity contribution is 5.61. The number of hydrogen-bond donors (Lipinski definition) is 0. The number of nitriles is 2. The van der Waals surface area contributed by atoms with E-state index in [-0.39, 0.29) is 6.04 Å². The van der Waals surface area contributed by atoms with Crippen LogP contribution in [0, 0.1) is 22.7 Å². The van der Waals surface area contributed by atoms with E-state index >= 15 is 0 Å².